The van der Waals surface area contributed by atoms with Gasteiger partial charge in [0.25, 0.3) is 0 Å². The molecule has 2 aromatic carbocycles. The lowest BCUT2D eigenvalue weighted by Crippen LogP contribution is -2.09. The molecular weight excluding hydrogens is 291 g/mol. The van der Waals surface area contributed by atoms with Gasteiger partial charge in [-0.05, 0) is 36.1 Å². The minimum Gasteiger partial charge on any atom is -0.508 e. The van der Waals surface area contributed by atoms with Gasteiger partial charge in [-0.15, -0.1) is 0 Å². The van der Waals surface area contributed by atoms with Gasteiger partial charge in [0.2, 0.25) is 0 Å². The van der Waals surface area contributed by atoms with Crippen LogP contribution < -0.4 is 0 Å². The fraction of sp³-hybridized carbons (Fsp3) is 0.235. The Morgan fingerprint density at radius 3 is 2.67 bits per heavy atom. The number of hydrogen-bond acceptors (Lipinski definition) is 2. The lowest BCUT2D eigenvalue weighted by atomic mass is 9.93. The summed E-state index contributed by atoms with van der Waals surface area (Å²) in [6.07, 6.45) is 0.762. The molecule has 4 heteroatoms. The Hall–Kier alpha value is -1.87. The summed E-state index contributed by atoms with van der Waals surface area (Å²) in [5, 5.41) is 9.53. The quantitative estimate of drug-likeness (QED) is 0.813. The largest absolute Gasteiger partial charge is 0.508 e. The molecule has 1 atom stereocenters. The Morgan fingerprint density at radius 1 is 1.33 bits per heavy atom. The first kappa shape index (κ1) is 15.5. The number of phenolic OH excluding ortho intramolecular Hbond substituents is 1. The van der Waals surface area contributed by atoms with E-state index in [1.54, 1.807) is 12.1 Å². The van der Waals surface area contributed by atoms with Crippen molar-refractivity contribution >= 4 is 17.4 Å². The minimum absolute atomic E-state index is 0.00186. The van der Waals surface area contributed by atoms with Crippen molar-refractivity contribution in [1.29, 1.82) is 0 Å². The van der Waals surface area contributed by atoms with E-state index in [4.69, 9.17) is 11.6 Å². The smallest absolute Gasteiger partial charge is 0.197 e. The van der Waals surface area contributed by atoms with Crippen molar-refractivity contribution in [2.45, 2.75) is 26.2 Å². The van der Waals surface area contributed by atoms with Crippen LogP contribution in [0.15, 0.2) is 36.4 Å². The van der Waals surface area contributed by atoms with Gasteiger partial charge in [-0.2, -0.15) is 0 Å². The van der Waals surface area contributed by atoms with Crippen molar-refractivity contribution in [2.75, 3.05) is 0 Å². The Kier molecular flexibility index (Phi) is 4.63. The van der Waals surface area contributed by atoms with Crippen molar-refractivity contribution < 1.29 is 14.3 Å². The van der Waals surface area contributed by atoms with E-state index >= 15 is 0 Å². The van der Waals surface area contributed by atoms with Gasteiger partial charge in [-0.25, -0.2) is 4.39 Å². The van der Waals surface area contributed by atoms with Crippen LogP contribution in [-0.4, -0.2) is 10.9 Å². The fourth-order valence-corrected chi connectivity index (χ4v) is 2.40. The predicted molar refractivity (Wildman–Crippen MR) is 81.7 cm³/mol. The molecule has 0 aliphatic carbocycles. The van der Waals surface area contributed by atoms with E-state index in [1.165, 1.54) is 24.3 Å². The summed E-state index contributed by atoms with van der Waals surface area (Å²) < 4.78 is 14.6. The van der Waals surface area contributed by atoms with Crippen molar-refractivity contribution in [3.8, 4) is 5.75 Å². The zero-order chi connectivity index (χ0) is 15.6. The number of carbonyl (C=O) groups is 1. The average molecular weight is 307 g/mol. The molecule has 0 spiro atoms. The third-order valence-electron chi connectivity index (χ3n) is 3.60. The number of ketones is 1. The molecule has 0 heterocycles. The van der Waals surface area contributed by atoms with Crippen LogP contribution in [-0.2, 0) is 0 Å². The third-order valence-corrected chi connectivity index (χ3v) is 3.91. The van der Waals surface area contributed by atoms with Gasteiger partial charge in [0.1, 0.15) is 11.6 Å². The number of hydrogen-bond donors (Lipinski definition) is 1. The molecule has 2 nitrogen and oxygen atoms in total. The van der Waals surface area contributed by atoms with E-state index in [-0.39, 0.29) is 27.8 Å². The molecule has 0 unspecified atom stereocenters. The van der Waals surface area contributed by atoms with E-state index in [2.05, 4.69) is 0 Å². The number of halogens is 2. The molecule has 0 aliphatic heterocycles. The lowest BCUT2D eigenvalue weighted by molar-refractivity contribution is 0.103. The Balaban J connectivity index is 2.55. The van der Waals surface area contributed by atoms with Gasteiger partial charge < -0.3 is 5.11 Å². The van der Waals surface area contributed by atoms with E-state index in [0.29, 0.717) is 5.56 Å². The molecule has 0 aromatic heterocycles. The maximum absolute atomic E-state index is 14.6. The maximum Gasteiger partial charge on any atom is 0.197 e. The Bertz CT molecular complexity index is 682. The molecule has 21 heavy (non-hydrogen) atoms. The standard InChI is InChI=1S/C17H16ClFO2/c1-3-10(2)13-7-8-14(18)15(16(13)19)17(21)11-5-4-6-12(20)9-11/h4-10,20H,3H2,1-2H3/t10-/m1/s1. The van der Waals surface area contributed by atoms with E-state index in [1.807, 2.05) is 13.8 Å². The predicted octanol–water partition coefficient (Wildman–Crippen LogP) is 4.93. The minimum atomic E-state index is -0.579. The molecule has 0 radical (unpaired) electrons. The van der Waals surface area contributed by atoms with Crippen molar-refractivity contribution in [3.05, 3.63) is 63.9 Å². The monoisotopic (exact) mass is 306 g/mol. The first-order chi connectivity index (χ1) is 9.95. The first-order valence-corrected chi connectivity index (χ1v) is 7.15. The lowest BCUT2D eigenvalue weighted by Gasteiger charge is -2.14. The highest BCUT2D eigenvalue weighted by molar-refractivity contribution is 6.35. The van der Waals surface area contributed by atoms with Gasteiger partial charge >= 0.3 is 0 Å². The van der Waals surface area contributed by atoms with Crippen LogP contribution >= 0.6 is 11.6 Å². The molecular formula is C17H16ClFO2. The van der Waals surface area contributed by atoms with E-state index in [0.717, 1.165) is 6.42 Å². The highest BCUT2D eigenvalue weighted by Crippen LogP contribution is 2.30. The number of benzene rings is 2. The van der Waals surface area contributed by atoms with Gasteiger partial charge in [0, 0.05) is 5.56 Å². The molecule has 0 amide bonds. The van der Waals surface area contributed by atoms with Gasteiger partial charge in [-0.3, -0.25) is 4.79 Å². The van der Waals surface area contributed by atoms with Crippen LogP contribution in [0.4, 0.5) is 4.39 Å². The molecule has 2 aromatic rings. The number of aromatic hydroxyl groups is 1. The van der Waals surface area contributed by atoms with Crippen molar-refractivity contribution in [2.24, 2.45) is 0 Å². The second-order valence-corrected chi connectivity index (χ2v) is 5.42. The number of phenols is 1. The molecule has 0 aliphatic rings. The van der Waals surface area contributed by atoms with Crippen LogP contribution in [0.1, 0.15) is 47.7 Å². The van der Waals surface area contributed by atoms with Gasteiger partial charge in [0.05, 0.1) is 10.6 Å². The summed E-state index contributed by atoms with van der Waals surface area (Å²) in [6.45, 7) is 3.85. The number of rotatable bonds is 4. The second kappa shape index (κ2) is 6.27. The maximum atomic E-state index is 14.6. The van der Waals surface area contributed by atoms with Crippen molar-refractivity contribution in [1.82, 2.24) is 0 Å². The van der Waals surface area contributed by atoms with Crippen LogP contribution in [0.2, 0.25) is 5.02 Å². The Labute approximate surface area is 128 Å². The molecule has 1 N–H and O–H groups in total. The van der Waals surface area contributed by atoms with Crippen LogP contribution in [0, 0.1) is 5.82 Å². The van der Waals surface area contributed by atoms with Crippen LogP contribution in [0.25, 0.3) is 0 Å². The molecule has 0 fully saturated rings. The molecule has 0 saturated carbocycles. The number of carbonyl (C=O) groups excluding carboxylic acids is 1. The van der Waals surface area contributed by atoms with E-state index in [9.17, 15) is 14.3 Å². The summed E-state index contributed by atoms with van der Waals surface area (Å²) >= 11 is 6.01. The Morgan fingerprint density at radius 2 is 2.05 bits per heavy atom. The molecule has 0 bridgehead atoms. The normalized spacial score (nSPS) is 12.2. The topological polar surface area (TPSA) is 37.3 Å². The summed E-state index contributed by atoms with van der Waals surface area (Å²) in [6, 6.07) is 8.96. The third kappa shape index (κ3) is 3.08. The highest BCUT2D eigenvalue weighted by Gasteiger charge is 2.22. The molecule has 110 valence electrons. The summed E-state index contributed by atoms with van der Waals surface area (Å²) in [4.78, 5) is 12.5. The molecule has 0 saturated heterocycles. The average Bonchev–Trinajstić information content (AvgIpc) is 2.46. The van der Waals surface area contributed by atoms with Gasteiger partial charge in [-0.1, -0.05) is 43.6 Å². The first-order valence-electron chi connectivity index (χ1n) is 6.77. The zero-order valence-electron chi connectivity index (χ0n) is 11.9. The second-order valence-electron chi connectivity index (χ2n) is 5.01. The fourth-order valence-electron chi connectivity index (χ4n) is 2.17. The highest BCUT2D eigenvalue weighted by atomic mass is 35.5. The van der Waals surface area contributed by atoms with Crippen LogP contribution in [0.5, 0.6) is 5.75 Å². The SMILES string of the molecule is CC[C@@H](C)c1ccc(Cl)c(C(=O)c2cccc(O)c2)c1F. The van der Waals surface area contributed by atoms with Crippen molar-refractivity contribution in [3.63, 3.8) is 0 Å². The summed E-state index contributed by atoms with van der Waals surface area (Å²) in [5.41, 5.74) is 0.544. The zero-order valence-corrected chi connectivity index (χ0v) is 12.6. The summed E-state index contributed by atoms with van der Waals surface area (Å²) in [5.74, 6) is -1.16. The van der Waals surface area contributed by atoms with Crippen LogP contribution in [0.3, 0.4) is 0 Å². The molecule has 2 rings (SSSR count). The van der Waals surface area contributed by atoms with Gasteiger partial charge in [0.15, 0.2) is 5.78 Å². The van der Waals surface area contributed by atoms with E-state index < -0.39 is 11.6 Å². The summed E-state index contributed by atoms with van der Waals surface area (Å²) in [7, 11) is 0.